The number of hydrogen-bond donors (Lipinski definition) is 0. The molecule has 0 amide bonds. The molecule has 0 unspecified atom stereocenters. The van der Waals surface area contributed by atoms with E-state index in [4.69, 9.17) is 0 Å². The fourth-order valence-corrected chi connectivity index (χ4v) is 1.24. The van der Waals surface area contributed by atoms with E-state index in [1.54, 1.807) is 0 Å². The van der Waals surface area contributed by atoms with Gasteiger partial charge >= 0.3 is 12.4 Å². The Morgan fingerprint density at radius 1 is 0.875 bits per heavy atom. The Morgan fingerprint density at radius 2 is 1.38 bits per heavy atom. The van der Waals surface area contributed by atoms with Crippen LogP contribution < -0.4 is 0 Å². The van der Waals surface area contributed by atoms with Gasteiger partial charge in [-0.15, -0.1) is 0 Å². The first kappa shape index (κ1) is 12.8. The third-order valence-electron chi connectivity index (χ3n) is 1.94. The fourth-order valence-electron chi connectivity index (χ4n) is 1.24. The monoisotopic (exact) mass is 246 g/mol. The highest BCUT2D eigenvalue weighted by molar-refractivity contribution is 5.36. The number of rotatable bonds is 0. The summed E-state index contributed by atoms with van der Waals surface area (Å²) in [5, 5.41) is 0. The van der Waals surface area contributed by atoms with Crippen LogP contribution in [-0.2, 0) is 12.4 Å². The maximum Gasteiger partial charge on any atom is 0.419 e. The first-order chi connectivity index (χ1) is 7.05. The lowest BCUT2D eigenvalue weighted by Gasteiger charge is -2.15. The Balaban J connectivity index is 3.52. The minimum absolute atomic E-state index is 0.292. The molecule has 0 fully saturated rings. The summed E-state index contributed by atoms with van der Waals surface area (Å²) in [4.78, 5) is 0. The molecule has 0 N–H and O–H groups in total. The van der Waals surface area contributed by atoms with Gasteiger partial charge < -0.3 is 0 Å². The molecular weight excluding hydrogens is 241 g/mol. The summed E-state index contributed by atoms with van der Waals surface area (Å²) < 4.78 is 86.3. The first-order valence-corrected chi connectivity index (χ1v) is 3.98. The van der Waals surface area contributed by atoms with Crippen LogP contribution in [0.3, 0.4) is 0 Å². The summed E-state index contributed by atoms with van der Waals surface area (Å²) in [6.07, 6.45) is -10.3. The summed E-state index contributed by atoms with van der Waals surface area (Å²) in [6.45, 7) is 0.895. The zero-order valence-electron chi connectivity index (χ0n) is 7.80. The Kier molecular flexibility index (Phi) is 2.91. The van der Waals surface area contributed by atoms with E-state index < -0.39 is 34.9 Å². The molecule has 0 aliphatic rings. The van der Waals surface area contributed by atoms with E-state index in [-0.39, 0.29) is 0 Å². The molecule has 0 saturated heterocycles. The second-order valence-electron chi connectivity index (χ2n) is 3.11. The molecule has 0 nitrogen and oxygen atoms in total. The third kappa shape index (κ3) is 2.28. The highest BCUT2D eigenvalue weighted by Gasteiger charge is 2.42. The van der Waals surface area contributed by atoms with Gasteiger partial charge in [0, 0.05) is 0 Å². The van der Waals surface area contributed by atoms with Crippen LogP contribution in [0.25, 0.3) is 0 Å². The van der Waals surface area contributed by atoms with Crippen molar-refractivity contribution in [1.82, 2.24) is 0 Å². The van der Waals surface area contributed by atoms with Gasteiger partial charge in [0.15, 0.2) is 0 Å². The molecule has 0 bridgehead atoms. The Morgan fingerprint density at radius 3 is 1.75 bits per heavy atom. The molecule has 16 heavy (non-hydrogen) atoms. The zero-order valence-corrected chi connectivity index (χ0v) is 7.80. The molecule has 0 aromatic heterocycles. The van der Waals surface area contributed by atoms with E-state index in [0.29, 0.717) is 12.1 Å². The largest absolute Gasteiger partial charge is 0.419 e. The number of aryl methyl sites for hydroxylation is 1. The van der Waals surface area contributed by atoms with Crippen LogP contribution in [0.15, 0.2) is 12.1 Å². The van der Waals surface area contributed by atoms with Gasteiger partial charge in [0.05, 0.1) is 11.1 Å². The topological polar surface area (TPSA) is 0 Å². The Hall–Kier alpha value is -1.27. The van der Waals surface area contributed by atoms with Crippen molar-refractivity contribution >= 4 is 0 Å². The first-order valence-electron chi connectivity index (χ1n) is 3.98. The lowest BCUT2D eigenvalue weighted by atomic mass is 10.0. The Labute approximate surface area is 85.7 Å². The molecule has 0 aliphatic heterocycles. The molecule has 7 heteroatoms. The van der Waals surface area contributed by atoms with Gasteiger partial charge in [-0.2, -0.15) is 26.3 Å². The van der Waals surface area contributed by atoms with Gasteiger partial charge in [0.1, 0.15) is 5.82 Å². The molecule has 0 aliphatic carbocycles. The predicted molar refractivity (Wildman–Crippen MR) is 41.1 cm³/mol. The standard InChI is InChI=1S/C9H5F7/c1-4-2-3-5(8(11,12)13)7(10)6(4)9(14,15)16/h2-3H,1H3. The zero-order chi connectivity index (χ0) is 12.7. The number of benzene rings is 1. The van der Waals surface area contributed by atoms with E-state index >= 15 is 0 Å². The maximum absolute atomic E-state index is 13.1. The minimum atomic E-state index is -5.14. The highest BCUT2D eigenvalue weighted by Crippen LogP contribution is 2.39. The summed E-state index contributed by atoms with van der Waals surface area (Å²) >= 11 is 0. The van der Waals surface area contributed by atoms with Crippen LogP contribution in [0, 0.1) is 12.7 Å². The van der Waals surface area contributed by atoms with Gasteiger partial charge in [0.25, 0.3) is 0 Å². The fraction of sp³-hybridized carbons (Fsp3) is 0.333. The SMILES string of the molecule is Cc1ccc(C(F)(F)F)c(F)c1C(F)(F)F. The summed E-state index contributed by atoms with van der Waals surface area (Å²) in [6, 6.07) is 0.884. The van der Waals surface area contributed by atoms with Crippen LogP contribution in [-0.4, -0.2) is 0 Å². The molecular formula is C9H5F7. The number of alkyl halides is 6. The molecule has 0 spiro atoms. The molecule has 0 atom stereocenters. The number of hydrogen-bond acceptors (Lipinski definition) is 0. The maximum atomic E-state index is 13.1. The van der Waals surface area contributed by atoms with E-state index in [2.05, 4.69) is 0 Å². The van der Waals surface area contributed by atoms with Crippen LogP contribution in [0.4, 0.5) is 30.7 Å². The van der Waals surface area contributed by atoms with Crippen molar-refractivity contribution in [2.75, 3.05) is 0 Å². The van der Waals surface area contributed by atoms with Crippen LogP contribution in [0.2, 0.25) is 0 Å². The lowest BCUT2D eigenvalue weighted by Crippen LogP contribution is -2.16. The van der Waals surface area contributed by atoms with Crippen molar-refractivity contribution in [3.05, 3.63) is 34.6 Å². The molecule has 0 saturated carbocycles. The van der Waals surface area contributed by atoms with Crippen molar-refractivity contribution in [2.45, 2.75) is 19.3 Å². The summed E-state index contributed by atoms with van der Waals surface area (Å²) in [5.74, 6) is -2.28. The van der Waals surface area contributed by atoms with E-state index in [0.717, 1.165) is 6.92 Å². The van der Waals surface area contributed by atoms with Crippen LogP contribution in [0.1, 0.15) is 16.7 Å². The molecule has 0 heterocycles. The summed E-state index contributed by atoms with van der Waals surface area (Å²) in [5.41, 5.74) is -4.37. The van der Waals surface area contributed by atoms with Gasteiger partial charge in [0.2, 0.25) is 0 Å². The van der Waals surface area contributed by atoms with Crippen molar-refractivity contribution in [3.63, 3.8) is 0 Å². The van der Waals surface area contributed by atoms with Gasteiger partial charge in [-0.3, -0.25) is 0 Å². The van der Waals surface area contributed by atoms with Crippen LogP contribution in [0.5, 0.6) is 0 Å². The van der Waals surface area contributed by atoms with Gasteiger partial charge in [-0.05, 0) is 18.6 Å². The lowest BCUT2D eigenvalue weighted by molar-refractivity contribution is -0.148. The highest BCUT2D eigenvalue weighted by atomic mass is 19.4. The second-order valence-corrected chi connectivity index (χ2v) is 3.11. The van der Waals surface area contributed by atoms with Crippen molar-refractivity contribution in [2.24, 2.45) is 0 Å². The Bertz CT molecular complexity index is 400. The average molecular weight is 246 g/mol. The summed E-state index contributed by atoms with van der Waals surface area (Å²) in [7, 11) is 0. The predicted octanol–water partition coefficient (Wildman–Crippen LogP) is 4.17. The minimum Gasteiger partial charge on any atom is -0.206 e. The van der Waals surface area contributed by atoms with Crippen molar-refractivity contribution in [3.8, 4) is 0 Å². The smallest absolute Gasteiger partial charge is 0.206 e. The molecule has 1 aromatic rings. The molecule has 90 valence electrons. The van der Waals surface area contributed by atoms with Gasteiger partial charge in [-0.1, -0.05) is 6.07 Å². The average Bonchev–Trinajstić information content (AvgIpc) is 1.97. The van der Waals surface area contributed by atoms with Crippen LogP contribution >= 0.6 is 0 Å². The van der Waals surface area contributed by atoms with Crippen molar-refractivity contribution < 1.29 is 30.7 Å². The van der Waals surface area contributed by atoms with E-state index in [1.807, 2.05) is 0 Å². The van der Waals surface area contributed by atoms with E-state index in [1.165, 1.54) is 0 Å². The molecule has 0 radical (unpaired) electrons. The molecule has 1 rings (SSSR count). The van der Waals surface area contributed by atoms with Crippen molar-refractivity contribution in [1.29, 1.82) is 0 Å². The number of halogens is 7. The molecule has 1 aromatic carbocycles. The second kappa shape index (κ2) is 3.64. The van der Waals surface area contributed by atoms with E-state index in [9.17, 15) is 30.7 Å². The third-order valence-corrected chi connectivity index (χ3v) is 1.94. The quantitative estimate of drug-likeness (QED) is 0.602. The normalized spacial score (nSPS) is 13.0. The van der Waals surface area contributed by atoms with Gasteiger partial charge in [-0.25, -0.2) is 4.39 Å².